The second-order valence-corrected chi connectivity index (χ2v) is 5.46. The van der Waals surface area contributed by atoms with Gasteiger partial charge in [-0.1, -0.05) is 18.2 Å². The lowest BCUT2D eigenvalue weighted by Gasteiger charge is -2.03. The van der Waals surface area contributed by atoms with E-state index >= 15 is 0 Å². The molecular weight excluding hydrogens is 284 g/mol. The van der Waals surface area contributed by atoms with Crippen molar-refractivity contribution in [3.05, 3.63) is 53.0 Å². The molecule has 106 valence electrons. The van der Waals surface area contributed by atoms with Gasteiger partial charge < -0.3 is 4.57 Å². The summed E-state index contributed by atoms with van der Waals surface area (Å²) >= 11 is 1.57. The largest absolute Gasteiger partial charge is 0.330 e. The SMILES string of the molecule is O=C(CCn1cnc2ccccc21)N/N=C\c1cccs1. The molecule has 0 atom stereocenters. The monoisotopic (exact) mass is 298 g/mol. The molecule has 0 aliphatic rings. The Balaban J connectivity index is 1.54. The molecule has 0 bridgehead atoms. The number of amides is 1. The fourth-order valence-electron chi connectivity index (χ4n) is 2.00. The van der Waals surface area contributed by atoms with Crippen LogP contribution in [0.25, 0.3) is 11.0 Å². The fraction of sp³-hybridized carbons (Fsp3) is 0.133. The number of carbonyl (C=O) groups is 1. The molecule has 0 saturated carbocycles. The summed E-state index contributed by atoms with van der Waals surface area (Å²) in [5.74, 6) is -0.111. The summed E-state index contributed by atoms with van der Waals surface area (Å²) < 4.78 is 1.97. The number of carbonyl (C=O) groups excluding carboxylic acids is 1. The standard InChI is InChI=1S/C15H14N4OS/c20-15(18-17-10-12-4-3-9-21-12)7-8-19-11-16-13-5-1-2-6-14(13)19/h1-6,9-11H,7-8H2,(H,18,20)/b17-10-. The van der Waals surface area contributed by atoms with Crippen molar-refractivity contribution in [2.24, 2.45) is 5.10 Å². The van der Waals surface area contributed by atoms with Crippen LogP contribution >= 0.6 is 11.3 Å². The first-order valence-electron chi connectivity index (χ1n) is 6.58. The Morgan fingerprint density at radius 1 is 1.33 bits per heavy atom. The molecule has 3 aromatic rings. The highest BCUT2D eigenvalue weighted by atomic mass is 32.1. The van der Waals surface area contributed by atoms with Gasteiger partial charge in [0, 0.05) is 17.8 Å². The molecule has 3 rings (SSSR count). The summed E-state index contributed by atoms with van der Waals surface area (Å²) in [6.45, 7) is 0.584. The second kappa shape index (κ2) is 6.32. The molecule has 1 amide bonds. The first kappa shape index (κ1) is 13.5. The summed E-state index contributed by atoms with van der Waals surface area (Å²) in [6, 6.07) is 11.7. The first-order chi connectivity index (χ1) is 10.3. The van der Waals surface area contributed by atoms with Crippen LogP contribution in [-0.4, -0.2) is 21.7 Å². The number of imidazole rings is 1. The maximum Gasteiger partial charge on any atom is 0.241 e. The molecule has 6 heteroatoms. The number of fused-ring (bicyclic) bond motifs is 1. The van der Waals surface area contributed by atoms with E-state index < -0.39 is 0 Å². The van der Waals surface area contributed by atoms with Gasteiger partial charge in [0.15, 0.2) is 0 Å². The van der Waals surface area contributed by atoms with Crippen LogP contribution in [-0.2, 0) is 11.3 Å². The van der Waals surface area contributed by atoms with E-state index in [9.17, 15) is 4.79 Å². The molecule has 0 aliphatic carbocycles. The number of nitrogens with zero attached hydrogens (tertiary/aromatic N) is 3. The molecule has 0 radical (unpaired) electrons. The van der Waals surface area contributed by atoms with E-state index in [0.29, 0.717) is 13.0 Å². The number of hydrazone groups is 1. The number of hydrogen-bond donors (Lipinski definition) is 1. The van der Waals surface area contributed by atoms with Crippen molar-refractivity contribution >= 4 is 34.5 Å². The molecular formula is C15H14N4OS. The number of nitrogens with one attached hydrogen (secondary N) is 1. The quantitative estimate of drug-likeness (QED) is 0.581. The molecule has 0 spiro atoms. The average molecular weight is 298 g/mol. The van der Waals surface area contributed by atoms with E-state index in [1.165, 1.54) is 0 Å². The predicted octanol–water partition coefficient (Wildman–Crippen LogP) is 2.64. The van der Waals surface area contributed by atoms with Gasteiger partial charge >= 0.3 is 0 Å². The maximum atomic E-state index is 11.7. The Labute approximate surface area is 125 Å². The van der Waals surface area contributed by atoms with Gasteiger partial charge in [0.05, 0.1) is 23.6 Å². The van der Waals surface area contributed by atoms with Crippen molar-refractivity contribution in [3.63, 3.8) is 0 Å². The molecule has 1 aromatic carbocycles. The number of rotatable bonds is 5. The van der Waals surface area contributed by atoms with Gasteiger partial charge in [0.25, 0.3) is 0 Å². The summed E-state index contributed by atoms with van der Waals surface area (Å²) in [6.07, 6.45) is 3.77. The van der Waals surface area contributed by atoms with Crippen LogP contribution in [0, 0.1) is 0 Å². The number of aryl methyl sites for hydroxylation is 1. The molecule has 0 unspecified atom stereocenters. The third kappa shape index (κ3) is 3.35. The van der Waals surface area contributed by atoms with Crippen molar-refractivity contribution in [1.82, 2.24) is 15.0 Å². The number of thiophene rings is 1. The van der Waals surface area contributed by atoms with Gasteiger partial charge in [0.2, 0.25) is 5.91 Å². The predicted molar refractivity (Wildman–Crippen MR) is 84.4 cm³/mol. The van der Waals surface area contributed by atoms with Crippen LogP contribution in [0.1, 0.15) is 11.3 Å². The molecule has 2 heterocycles. The molecule has 5 nitrogen and oxygen atoms in total. The number of para-hydroxylation sites is 2. The van der Waals surface area contributed by atoms with Crippen molar-refractivity contribution in [2.45, 2.75) is 13.0 Å². The van der Waals surface area contributed by atoms with Crippen LogP contribution in [0.2, 0.25) is 0 Å². The zero-order valence-electron chi connectivity index (χ0n) is 11.3. The lowest BCUT2D eigenvalue weighted by Crippen LogP contribution is -2.19. The Morgan fingerprint density at radius 3 is 3.10 bits per heavy atom. The molecule has 0 saturated heterocycles. The second-order valence-electron chi connectivity index (χ2n) is 4.49. The minimum atomic E-state index is -0.111. The Bertz CT molecular complexity index is 761. The average Bonchev–Trinajstić information content (AvgIpc) is 3.14. The maximum absolute atomic E-state index is 11.7. The fourth-order valence-corrected chi connectivity index (χ4v) is 2.58. The number of aromatic nitrogens is 2. The smallest absolute Gasteiger partial charge is 0.241 e. The highest BCUT2D eigenvalue weighted by molar-refractivity contribution is 7.11. The lowest BCUT2D eigenvalue weighted by atomic mass is 10.3. The summed E-state index contributed by atoms with van der Waals surface area (Å²) in [7, 11) is 0. The number of hydrogen-bond acceptors (Lipinski definition) is 4. The molecule has 2 aromatic heterocycles. The first-order valence-corrected chi connectivity index (χ1v) is 7.46. The highest BCUT2D eigenvalue weighted by Gasteiger charge is 2.04. The van der Waals surface area contributed by atoms with Crippen LogP contribution in [0.15, 0.2) is 53.2 Å². The van der Waals surface area contributed by atoms with Crippen LogP contribution in [0.3, 0.4) is 0 Å². The van der Waals surface area contributed by atoms with E-state index in [-0.39, 0.29) is 5.91 Å². The zero-order chi connectivity index (χ0) is 14.5. The Morgan fingerprint density at radius 2 is 2.24 bits per heavy atom. The van der Waals surface area contributed by atoms with Crippen molar-refractivity contribution in [1.29, 1.82) is 0 Å². The minimum Gasteiger partial charge on any atom is -0.330 e. The molecule has 1 N–H and O–H groups in total. The van der Waals surface area contributed by atoms with Gasteiger partial charge in [-0.3, -0.25) is 4.79 Å². The third-order valence-electron chi connectivity index (χ3n) is 3.03. The van der Waals surface area contributed by atoms with Crippen LogP contribution in [0.4, 0.5) is 0 Å². The Hall–Kier alpha value is -2.47. The van der Waals surface area contributed by atoms with Crippen molar-refractivity contribution in [3.8, 4) is 0 Å². The van der Waals surface area contributed by atoms with E-state index in [0.717, 1.165) is 15.9 Å². The van der Waals surface area contributed by atoms with Gasteiger partial charge in [-0.05, 0) is 23.6 Å². The van der Waals surface area contributed by atoms with E-state index in [2.05, 4.69) is 15.5 Å². The normalized spacial score (nSPS) is 11.2. The number of benzene rings is 1. The van der Waals surface area contributed by atoms with Gasteiger partial charge in [-0.2, -0.15) is 5.10 Å². The van der Waals surface area contributed by atoms with Crippen molar-refractivity contribution < 1.29 is 4.79 Å². The topological polar surface area (TPSA) is 59.3 Å². The van der Waals surface area contributed by atoms with Gasteiger partial charge in [0.1, 0.15) is 0 Å². The molecule has 0 aliphatic heterocycles. The Kier molecular flexibility index (Phi) is 4.07. The molecule has 0 fully saturated rings. The molecule has 21 heavy (non-hydrogen) atoms. The summed E-state index contributed by atoms with van der Waals surface area (Å²) in [5.41, 5.74) is 4.51. The van der Waals surface area contributed by atoms with Crippen LogP contribution in [0.5, 0.6) is 0 Å². The van der Waals surface area contributed by atoms with Gasteiger partial charge in [-0.15, -0.1) is 11.3 Å². The van der Waals surface area contributed by atoms with E-state index in [1.807, 2.05) is 46.3 Å². The van der Waals surface area contributed by atoms with E-state index in [1.54, 1.807) is 23.9 Å². The third-order valence-corrected chi connectivity index (χ3v) is 3.84. The summed E-state index contributed by atoms with van der Waals surface area (Å²) in [4.78, 5) is 17.1. The zero-order valence-corrected chi connectivity index (χ0v) is 12.1. The lowest BCUT2D eigenvalue weighted by molar-refractivity contribution is -0.121. The van der Waals surface area contributed by atoms with Crippen LogP contribution < -0.4 is 5.43 Å². The minimum absolute atomic E-state index is 0.111. The van der Waals surface area contributed by atoms with Crippen molar-refractivity contribution in [2.75, 3.05) is 0 Å². The highest BCUT2D eigenvalue weighted by Crippen LogP contribution is 2.12. The van der Waals surface area contributed by atoms with E-state index in [4.69, 9.17) is 0 Å². The summed E-state index contributed by atoms with van der Waals surface area (Å²) in [5, 5.41) is 5.90. The van der Waals surface area contributed by atoms with Gasteiger partial charge in [-0.25, -0.2) is 10.4 Å².